The summed E-state index contributed by atoms with van der Waals surface area (Å²) in [5.74, 6) is 0. The van der Waals surface area contributed by atoms with Gasteiger partial charge in [-0.1, -0.05) is 187 Å². The van der Waals surface area contributed by atoms with E-state index in [2.05, 4.69) is 211 Å². The molecular weight excluding hydrogens is 733 g/mol. The van der Waals surface area contributed by atoms with E-state index < -0.39 is 0 Å². The fraction of sp³-hybridized carbons (Fsp3) is 0.148. The van der Waals surface area contributed by atoms with Crippen molar-refractivity contribution in [1.29, 1.82) is 0 Å². The molecule has 0 fully saturated rings. The van der Waals surface area contributed by atoms with Crippen LogP contribution in [0.25, 0.3) is 98.7 Å². The summed E-state index contributed by atoms with van der Waals surface area (Å²) in [6.45, 7) is 14.5. The van der Waals surface area contributed by atoms with Crippen LogP contribution in [0.2, 0.25) is 0 Å². The number of rotatable bonds is 2. The zero-order valence-corrected chi connectivity index (χ0v) is 35.7. The summed E-state index contributed by atoms with van der Waals surface area (Å²) in [6.07, 6.45) is 0. The van der Waals surface area contributed by atoms with Crippen LogP contribution in [0.5, 0.6) is 0 Å². The van der Waals surface area contributed by atoms with Crippen LogP contribution in [0, 0.1) is 0 Å². The second kappa shape index (κ2) is 11.7. The molecule has 0 radical (unpaired) electrons. The molecule has 0 saturated carbocycles. The lowest BCUT2D eigenvalue weighted by atomic mass is 9.77. The Morgan fingerprint density at radius 1 is 0.213 bits per heavy atom. The zero-order chi connectivity index (χ0) is 41.2. The highest BCUT2D eigenvalue weighted by molar-refractivity contribution is 6.27. The van der Waals surface area contributed by atoms with E-state index in [-0.39, 0.29) is 16.2 Å². The van der Waals surface area contributed by atoms with Crippen molar-refractivity contribution in [2.24, 2.45) is 0 Å². The third-order valence-electron chi connectivity index (χ3n) is 15.4. The Morgan fingerprint density at radius 3 is 1.00 bits per heavy atom. The summed E-state index contributed by atoms with van der Waals surface area (Å²) < 4.78 is 0. The topological polar surface area (TPSA) is 0 Å². The number of benzene rings is 10. The van der Waals surface area contributed by atoms with Gasteiger partial charge < -0.3 is 0 Å². The quantitative estimate of drug-likeness (QED) is 0.153. The molecule has 0 bridgehead atoms. The van der Waals surface area contributed by atoms with E-state index in [0.29, 0.717) is 0 Å². The molecule has 0 heterocycles. The molecule has 0 saturated heterocycles. The van der Waals surface area contributed by atoms with Gasteiger partial charge in [-0.25, -0.2) is 0 Å². The first-order chi connectivity index (χ1) is 29.6. The molecule has 0 amide bonds. The van der Waals surface area contributed by atoms with Crippen LogP contribution >= 0.6 is 0 Å². The number of hydrogen-bond donors (Lipinski definition) is 0. The second-order valence-electron chi connectivity index (χ2n) is 19.5. The van der Waals surface area contributed by atoms with Gasteiger partial charge in [-0.3, -0.25) is 0 Å². The molecule has 0 aliphatic heterocycles. The Bertz CT molecular complexity index is 3550. The van der Waals surface area contributed by atoms with Crippen molar-refractivity contribution in [2.45, 2.75) is 57.8 Å². The fourth-order valence-electron chi connectivity index (χ4n) is 12.4. The van der Waals surface area contributed by atoms with Gasteiger partial charge in [0, 0.05) is 16.2 Å². The first-order valence-electron chi connectivity index (χ1n) is 22.0. The van der Waals surface area contributed by atoms with Crippen LogP contribution in [0.15, 0.2) is 170 Å². The highest BCUT2D eigenvalue weighted by atomic mass is 14.5. The smallest absolute Gasteiger partial charge is 0.0159 e. The average molecular weight is 779 g/mol. The van der Waals surface area contributed by atoms with Gasteiger partial charge in [-0.05, 0) is 156 Å². The van der Waals surface area contributed by atoms with E-state index in [0.717, 1.165) is 0 Å². The van der Waals surface area contributed by atoms with E-state index >= 15 is 0 Å². The molecule has 3 aliphatic rings. The summed E-state index contributed by atoms with van der Waals surface area (Å²) in [5, 5.41) is 10.4. The minimum atomic E-state index is -0.195. The van der Waals surface area contributed by atoms with Crippen molar-refractivity contribution < 1.29 is 0 Å². The van der Waals surface area contributed by atoms with Crippen molar-refractivity contribution in [2.75, 3.05) is 0 Å². The maximum absolute atomic E-state index is 2.58. The predicted molar refractivity (Wildman–Crippen MR) is 260 cm³/mol. The number of fused-ring (bicyclic) bond motifs is 15. The Morgan fingerprint density at radius 2 is 0.508 bits per heavy atom. The molecule has 61 heavy (non-hydrogen) atoms. The summed E-state index contributed by atoms with van der Waals surface area (Å²) in [4.78, 5) is 0. The van der Waals surface area contributed by atoms with E-state index in [1.54, 1.807) is 0 Å². The van der Waals surface area contributed by atoms with Crippen LogP contribution in [0.4, 0.5) is 0 Å². The van der Waals surface area contributed by atoms with Crippen molar-refractivity contribution in [3.05, 3.63) is 203 Å². The lowest BCUT2D eigenvalue weighted by Crippen LogP contribution is -2.17. The van der Waals surface area contributed by atoms with Crippen LogP contribution in [0.3, 0.4) is 0 Å². The Labute approximate surface area is 358 Å². The monoisotopic (exact) mass is 778 g/mol. The van der Waals surface area contributed by atoms with Crippen LogP contribution in [-0.4, -0.2) is 0 Å². The van der Waals surface area contributed by atoms with Gasteiger partial charge in [-0.2, -0.15) is 0 Å². The molecule has 0 atom stereocenters. The molecule has 0 nitrogen and oxygen atoms in total. The summed E-state index contributed by atoms with van der Waals surface area (Å²) in [6, 6.07) is 65.1. The minimum absolute atomic E-state index is 0.0624. The fourth-order valence-corrected chi connectivity index (χ4v) is 12.4. The highest BCUT2D eigenvalue weighted by Gasteiger charge is 2.43. The maximum atomic E-state index is 2.58. The van der Waals surface area contributed by atoms with Gasteiger partial charge in [0.15, 0.2) is 0 Å². The van der Waals surface area contributed by atoms with Gasteiger partial charge in [0.05, 0.1) is 0 Å². The van der Waals surface area contributed by atoms with Crippen LogP contribution in [0.1, 0.15) is 74.9 Å². The molecule has 10 aromatic rings. The van der Waals surface area contributed by atoms with E-state index in [4.69, 9.17) is 0 Å². The van der Waals surface area contributed by atoms with Gasteiger partial charge >= 0.3 is 0 Å². The standard InChI is InChI=1S/C61H46/c1-59(2)49-29-17-15-21-37(49)45-31-52-48(34-51(45)59)58-39-23-10-8-20-36(39)47(33-54(58)61(52,5)6)56-42-26-13-11-24-40(42)55(41-25-12-14-27-43(41)56)46-32-53-57(38-22-9-7-19-35(38)46)44-28-16-18-30-50(44)60(53,3)4/h7-34H,1-6H3. The van der Waals surface area contributed by atoms with Crippen molar-refractivity contribution in [3.8, 4) is 55.6 Å². The van der Waals surface area contributed by atoms with Crippen molar-refractivity contribution in [3.63, 3.8) is 0 Å². The van der Waals surface area contributed by atoms with Gasteiger partial charge in [0.1, 0.15) is 0 Å². The second-order valence-corrected chi connectivity index (χ2v) is 19.5. The average Bonchev–Trinajstić information content (AvgIpc) is 3.76. The van der Waals surface area contributed by atoms with Crippen molar-refractivity contribution >= 4 is 43.1 Å². The summed E-state index contributed by atoms with van der Waals surface area (Å²) >= 11 is 0. The Kier molecular flexibility index (Phi) is 6.74. The summed E-state index contributed by atoms with van der Waals surface area (Å²) in [7, 11) is 0. The van der Waals surface area contributed by atoms with Crippen LogP contribution < -0.4 is 0 Å². The molecule has 3 aliphatic carbocycles. The van der Waals surface area contributed by atoms with Gasteiger partial charge in [0.2, 0.25) is 0 Å². The lowest BCUT2D eigenvalue weighted by Gasteiger charge is -2.26. The van der Waals surface area contributed by atoms with E-state index in [1.807, 2.05) is 0 Å². The molecule has 13 rings (SSSR count). The minimum Gasteiger partial charge on any atom is -0.0619 e. The highest BCUT2D eigenvalue weighted by Crippen LogP contribution is 2.60. The SMILES string of the molecule is CC1(C)c2ccccc2-c2cc3c(cc21)-c1c(cc(-c2c4ccccc4c(-c4cc5c(c6ccccc46)-c4ccccc4C5(C)C)c4ccccc24)c2ccccc12)C3(C)C. The van der Waals surface area contributed by atoms with Gasteiger partial charge in [-0.15, -0.1) is 0 Å². The molecule has 0 unspecified atom stereocenters. The van der Waals surface area contributed by atoms with E-state index in [9.17, 15) is 0 Å². The molecule has 0 spiro atoms. The third-order valence-corrected chi connectivity index (χ3v) is 15.4. The third kappa shape index (κ3) is 4.35. The molecular formula is C61H46. The van der Waals surface area contributed by atoms with Crippen LogP contribution in [-0.2, 0) is 16.2 Å². The molecule has 0 heteroatoms. The predicted octanol–water partition coefficient (Wildman–Crippen LogP) is 16.6. The first-order valence-corrected chi connectivity index (χ1v) is 22.0. The van der Waals surface area contributed by atoms with Gasteiger partial charge in [0.25, 0.3) is 0 Å². The molecule has 290 valence electrons. The molecule has 0 N–H and O–H groups in total. The Balaban J connectivity index is 1.11. The number of hydrogen-bond acceptors (Lipinski definition) is 0. The lowest BCUT2D eigenvalue weighted by molar-refractivity contribution is 0.652. The summed E-state index contributed by atoms with van der Waals surface area (Å²) in [5.41, 5.74) is 21.7. The van der Waals surface area contributed by atoms with Crippen molar-refractivity contribution in [1.82, 2.24) is 0 Å². The normalized spacial score (nSPS) is 15.8. The first kappa shape index (κ1) is 35.0. The maximum Gasteiger partial charge on any atom is 0.0159 e. The zero-order valence-electron chi connectivity index (χ0n) is 35.7. The van der Waals surface area contributed by atoms with E-state index in [1.165, 1.54) is 132 Å². The largest absolute Gasteiger partial charge is 0.0619 e. The molecule has 0 aromatic heterocycles. The molecule has 10 aromatic carbocycles. The Hall–Kier alpha value is -6.76.